The number of rotatable bonds is 1. The molecule has 0 bridgehead atoms. The largest absolute Gasteiger partial charge is 0.428 e. The first-order valence-corrected chi connectivity index (χ1v) is 6.75. The Morgan fingerprint density at radius 2 is 2.12 bits per heavy atom. The highest BCUT2D eigenvalue weighted by atomic mass is 127. The van der Waals surface area contributed by atoms with Crippen LogP contribution < -0.4 is 0 Å². The van der Waals surface area contributed by atoms with Gasteiger partial charge in [-0.05, 0) is 46.9 Å². The van der Waals surface area contributed by atoms with E-state index in [1.165, 1.54) is 0 Å². The summed E-state index contributed by atoms with van der Waals surface area (Å²) in [5.41, 5.74) is 0.889. The van der Waals surface area contributed by atoms with E-state index in [2.05, 4.69) is 43.5 Å². The van der Waals surface area contributed by atoms with Crippen molar-refractivity contribution in [3.05, 3.63) is 38.6 Å². The maximum absolute atomic E-state index is 5.57. The van der Waals surface area contributed by atoms with Gasteiger partial charge in [0.05, 0.1) is 12.2 Å². The van der Waals surface area contributed by atoms with Crippen LogP contribution in [0.3, 0.4) is 0 Å². The predicted octanol–water partition coefficient (Wildman–Crippen LogP) is 3.68. The average Bonchev–Trinajstić information content (AvgIpc) is 2.63. The summed E-state index contributed by atoms with van der Waals surface area (Å²) in [6.07, 6.45) is 0. The van der Waals surface area contributed by atoms with Crippen LogP contribution in [0.15, 0.2) is 43.6 Å². The molecule has 5 heteroatoms. The SMILES string of the molecule is CN1C/C(=C\I)OC1=Nc1ccc(Br)cc1. The Hall–Kier alpha value is -0.560. The van der Waals surface area contributed by atoms with E-state index in [-0.39, 0.29) is 0 Å². The lowest BCUT2D eigenvalue weighted by atomic mass is 10.3. The second-order valence-electron chi connectivity index (χ2n) is 3.40. The van der Waals surface area contributed by atoms with Gasteiger partial charge in [-0.25, -0.2) is 0 Å². The first-order chi connectivity index (χ1) is 7.69. The highest BCUT2D eigenvalue weighted by molar-refractivity contribution is 14.1. The van der Waals surface area contributed by atoms with Crippen molar-refractivity contribution in [3.63, 3.8) is 0 Å². The number of nitrogens with zero attached hydrogens (tertiary/aromatic N) is 2. The van der Waals surface area contributed by atoms with Gasteiger partial charge in [0.1, 0.15) is 5.76 Å². The molecule has 2 rings (SSSR count). The van der Waals surface area contributed by atoms with Crippen LogP contribution in [0.25, 0.3) is 0 Å². The van der Waals surface area contributed by atoms with Crippen LogP contribution in [0, 0.1) is 0 Å². The minimum absolute atomic E-state index is 0.644. The third-order valence-electron chi connectivity index (χ3n) is 2.12. The van der Waals surface area contributed by atoms with Crippen molar-refractivity contribution in [1.29, 1.82) is 0 Å². The zero-order valence-electron chi connectivity index (χ0n) is 8.65. The Kier molecular flexibility index (Phi) is 3.86. The van der Waals surface area contributed by atoms with E-state index in [9.17, 15) is 0 Å². The van der Waals surface area contributed by atoms with E-state index in [4.69, 9.17) is 4.74 Å². The number of likely N-dealkylation sites (N-methyl/N-ethyl adjacent to an activating group) is 1. The molecular weight excluding hydrogens is 383 g/mol. The molecule has 0 saturated carbocycles. The van der Waals surface area contributed by atoms with Gasteiger partial charge in [0, 0.05) is 15.6 Å². The van der Waals surface area contributed by atoms with Gasteiger partial charge in [-0.3, -0.25) is 0 Å². The molecule has 1 saturated heterocycles. The van der Waals surface area contributed by atoms with Crippen LogP contribution in [0.1, 0.15) is 0 Å². The van der Waals surface area contributed by atoms with Gasteiger partial charge in [0.15, 0.2) is 0 Å². The summed E-state index contributed by atoms with van der Waals surface area (Å²) in [6.45, 7) is 0.776. The molecule has 3 nitrogen and oxygen atoms in total. The topological polar surface area (TPSA) is 24.8 Å². The Labute approximate surface area is 116 Å². The van der Waals surface area contributed by atoms with Crippen molar-refractivity contribution < 1.29 is 4.74 Å². The molecule has 1 aromatic carbocycles. The highest BCUT2D eigenvalue weighted by Gasteiger charge is 2.20. The van der Waals surface area contributed by atoms with Crippen LogP contribution >= 0.6 is 38.5 Å². The molecule has 0 radical (unpaired) electrons. The molecule has 0 atom stereocenters. The first kappa shape index (κ1) is 11.9. The summed E-state index contributed by atoms with van der Waals surface area (Å²) in [5.74, 6) is 0.930. The molecule has 0 N–H and O–H groups in total. The Morgan fingerprint density at radius 3 is 2.69 bits per heavy atom. The highest BCUT2D eigenvalue weighted by Crippen LogP contribution is 2.21. The molecule has 0 unspecified atom stereocenters. The summed E-state index contributed by atoms with van der Waals surface area (Å²) in [4.78, 5) is 6.41. The van der Waals surface area contributed by atoms with E-state index in [0.29, 0.717) is 6.02 Å². The number of amidine groups is 1. The van der Waals surface area contributed by atoms with E-state index in [1.54, 1.807) is 0 Å². The van der Waals surface area contributed by atoms with Gasteiger partial charge < -0.3 is 9.64 Å². The minimum Gasteiger partial charge on any atom is -0.428 e. The average molecular weight is 393 g/mol. The predicted molar refractivity (Wildman–Crippen MR) is 77.1 cm³/mol. The van der Waals surface area contributed by atoms with Crippen LogP contribution in [-0.4, -0.2) is 24.5 Å². The minimum atomic E-state index is 0.644. The van der Waals surface area contributed by atoms with E-state index < -0.39 is 0 Å². The van der Waals surface area contributed by atoms with Crippen molar-refractivity contribution in [2.24, 2.45) is 4.99 Å². The Morgan fingerprint density at radius 1 is 1.44 bits per heavy atom. The smallest absolute Gasteiger partial charge is 0.298 e. The summed E-state index contributed by atoms with van der Waals surface area (Å²) in [5, 5.41) is 0. The monoisotopic (exact) mass is 392 g/mol. The molecule has 0 spiro atoms. The number of halogens is 2. The summed E-state index contributed by atoms with van der Waals surface area (Å²) >= 11 is 5.56. The molecule has 0 amide bonds. The zero-order chi connectivity index (χ0) is 11.5. The molecule has 0 aliphatic carbocycles. The maximum Gasteiger partial charge on any atom is 0.298 e. The number of ether oxygens (including phenoxy) is 1. The fraction of sp³-hybridized carbons (Fsp3) is 0.182. The van der Waals surface area contributed by atoms with Crippen molar-refractivity contribution in [2.45, 2.75) is 0 Å². The quantitative estimate of drug-likeness (QED) is 0.681. The van der Waals surface area contributed by atoms with Crippen LogP contribution in [0.5, 0.6) is 0 Å². The molecular formula is C11H10BrIN2O. The molecule has 84 valence electrons. The number of benzene rings is 1. The molecule has 1 heterocycles. The number of hydrogen-bond donors (Lipinski definition) is 0. The Balaban J connectivity index is 2.21. The van der Waals surface area contributed by atoms with E-state index >= 15 is 0 Å². The van der Waals surface area contributed by atoms with Crippen molar-refractivity contribution >= 4 is 50.2 Å². The first-order valence-electron chi connectivity index (χ1n) is 4.71. The summed E-state index contributed by atoms with van der Waals surface area (Å²) in [6, 6.07) is 8.46. The fourth-order valence-electron chi connectivity index (χ4n) is 1.32. The molecule has 1 fully saturated rings. The molecule has 0 aromatic heterocycles. The number of aliphatic imine (C=N–C) groups is 1. The van der Waals surface area contributed by atoms with Crippen LogP contribution in [0.2, 0.25) is 0 Å². The lowest BCUT2D eigenvalue weighted by Gasteiger charge is -2.06. The third-order valence-corrected chi connectivity index (χ3v) is 3.34. The van der Waals surface area contributed by atoms with Gasteiger partial charge in [0.2, 0.25) is 0 Å². The van der Waals surface area contributed by atoms with Gasteiger partial charge in [0.25, 0.3) is 6.02 Å². The van der Waals surface area contributed by atoms with Crippen molar-refractivity contribution in [1.82, 2.24) is 4.90 Å². The van der Waals surface area contributed by atoms with Gasteiger partial charge >= 0.3 is 0 Å². The van der Waals surface area contributed by atoms with Crippen molar-refractivity contribution in [3.8, 4) is 0 Å². The summed E-state index contributed by atoms with van der Waals surface area (Å²) in [7, 11) is 1.96. The standard InChI is InChI=1S/C11H10BrIN2O/c1-15-7-10(6-13)16-11(15)14-9-4-2-8(12)3-5-9/h2-6H,7H2,1H3/b10-6+,14-11?. The molecule has 1 aliphatic heterocycles. The molecule has 16 heavy (non-hydrogen) atoms. The lowest BCUT2D eigenvalue weighted by Crippen LogP contribution is -2.19. The molecule has 1 aliphatic rings. The van der Waals surface area contributed by atoms with Crippen LogP contribution in [-0.2, 0) is 4.74 Å². The molecule has 1 aromatic rings. The van der Waals surface area contributed by atoms with Crippen molar-refractivity contribution in [2.75, 3.05) is 13.6 Å². The van der Waals surface area contributed by atoms with Crippen LogP contribution in [0.4, 0.5) is 5.69 Å². The normalized spacial score (nSPS) is 20.6. The van der Waals surface area contributed by atoms with Gasteiger partial charge in [-0.15, -0.1) is 0 Å². The van der Waals surface area contributed by atoms with Gasteiger partial charge in [-0.2, -0.15) is 4.99 Å². The number of hydrogen-bond acceptors (Lipinski definition) is 2. The van der Waals surface area contributed by atoms with E-state index in [1.807, 2.05) is 40.3 Å². The Bertz CT molecular complexity index is 442. The maximum atomic E-state index is 5.57. The van der Waals surface area contributed by atoms with E-state index in [0.717, 1.165) is 22.5 Å². The summed E-state index contributed by atoms with van der Waals surface area (Å²) < 4.78 is 8.55. The second-order valence-corrected chi connectivity index (χ2v) is 4.94. The zero-order valence-corrected chi connectivity index (χ0v) is 12.4. The third kappa shape index (κ3) is 2.76. The fourth-order valence-corrected chi connectivity index (χ4v) is 1.91. The lowest BCUT2D eigenvalue weighted by molar-refractivity contribution is 0.434. The van der Waals surface area contributed by atoms with Gasteiger partial charge in [-0.1, -0.05) is 15.9 Å². The second kappa shape index (κ2) is 5.18.